The molecule has 1 amide bonds. The maximum Gasteiger partial charge on any atom is 0.234 e. The monoisotopic (exact) mass is 317 g/mol. The second kappa shape index (κ2) is 9.04. The minimum absolute atomic E-state index is 0.147. The SMILES string of the molecule is CC(C)c1ccc(CCNC(=O)CN2CCCN(C)CC2)cc1. The van der Waals surface area contributed by atoms with Crippen LogP contribution in [0.25, 0.3) is 0 Å². The van der Waals surface area contributed by atoms with Gasteiger partial charge in [-0.05, 0) is 50.0 Å². The van der Waals surface area contributed by atoms with E-state index in [0.29, 0.717) is 19.0 Å². The first kappa shape index (κ1) is 18.0. The molecule has 1 aliphatic heterocycles. The van der Waals surface area contributed by atoms with E-state index in [9.17, 15) is 4.79 Å². The molecule has 0 aliphatic carbocycles. The second-order valence-corrected chi connectivity index (χ2v) is 6.93. The van der Waals surface area contributed by atoms with E-state index in [1.165, 1.54) is 11.1 Å². The Hall–Kier alpha value is -1.39. The fourth-order valence-corrected chi connectivity index (χ4v) is 2.93. The number of amides is 1. The van der Waals surface area contributed by atoms with Crippen LogP contribution in [0.2, 0.25) is 0 Å². The van der Waals surface area contributed by atoms with Gasteiger partial charge in [0.2, 0.25) is 5.91 Å². The number of nitrogens with one attached hydrogen (secondary N) is 1. The molecule has 0 unspecified atom stereocenters. The molecule has 1 aliphatic rings. The van der Waals surface area contributed by atoms with Crippen LogP contribution in [0.1, 0.15) is 37.3 Å². The summed E-state index contributed by atoms with van der Waals surface area (Å²) >= 11 is 0. The van der Waals surface area contributed by atoms with Crippen LogP contribution in [0.4, 0.5) is 0 Å². The Bertz CT molecular complexity index is 484. The van der Waals surface area contributed by atoms with Crippen molar-refractivity contribution in [2.24, 2.45) is 0 Å². The third kappa shape index (κ3) is 6.32. The summed E-state index contributed by atoms with van der Waals surface area (Å²) < 4.78 is 0. The maximum atomic E-state index is 12.1. The predicted octanol–water partition coefficient (Wildman–Crippen LogP) is 2.11. The van der Waals surface area contributed by atoms with Crippen molar-refractivity contribution in [2.45, 2.75) is 32.6 Å². The van der Waals surface area contributed by atoms with Gasteiger partial charge in [0, 0.05) is 19.6 Å². The normalized spacial score (nSPS) is 17.2. The van der Waals surface area contributed by atoms with E-state index in [-0.39, 0.29) is 5.91 Å². The first-order valence-electron chi connectivity index (χ1n) is 8.81. The fourth-order valence-electron chi connectivity index (χ4n) is 2.93. The van der Waals surface area contributed by atoms with Crippen LogP contribution in [-0.2, 0) is 11.2 Å². The average Bonchev–Trinajstić information content (AvgIpc) is 2.72. The van der Waals surface area contributed by atoms with Crippen molar-refractivity contribution < 1.29 is 4.79 Å². The van der Waals surface area contributed by atoms with Crippen LogP contribution in [0.5, 0.6) is 0 Å². The summed E-state index contributed by atoms with van der Waals surface area (Å²) in [6.45, 7) is 9.84. The van der Waals surface area contributed by atoms with Crippen molar-refractivity contribution in [3.8, 4) is 0 Å². The Morgan fingerprint density at radius 1 is 1.13 bits per heavy atom. The number of rotatable bonds is 6. The number of hydrogen-bond donors (Lipinski definition) is 1. The lowest BCUT2D eigenvalue weighted by atomic mass is 10.0. The predicted molar refractivity (Wildman–Crippen MR) is 95.8 cm³/mol. The molecule has 1 heterocycles. The zero-order chi connectivity index (χ0) is 16.7. The smallest absolute Gasteiger partial charge is 0.234 e. The molecule has 4 heteroatoms. The number of nitrogens with zero attached hydrogens (tertiary/aromatic N) is 2. The van der Waals surface area contributed by atoms with E-state index in [1.807, 2.05) is 0 Å². The Kier molecular flexibility index (Phi) is 7.06. The van der Waals surface area contributed by atoms with Crippen molar-refractivity contribution in [1.82, 2.24) is 15.1 Å². The van der Waals surface area contributed by atoms with Crippen molar-refractivity contribution in [1.29, 1.82) is 0 Å². The molecule has 0 spiro atoms. The van der Waals surface area contributed by atoms with Crippen molar-refractivity contribution in [3.05, 3.63) is 35.4 Å². The van der Waals surface area contributed by atoms with Gasteiger partial charge >= 0.3 is 0 Å². The molecule has 128 valence electrons. The van der Waals surface area contributed by atoms with Gasteiger partial charge < -0.3 is 10.2 Å². The molecule has 1 N–H and O–H groups in total. The molecule has 1 saturated heterocycles. The largest absolute Gasteiger partial charge is 0.355 e. The topological polar surface area (TPSA) is 35.6 Å². The van der Waals surface area contributed by atoms with Gasteiger partial charge in [-0.25, -0.2) is 0 Å². The second-order valence-electron chi connectivity index (χ2n) is 6.93. The van der Waals surface area contributed by atoms with Crippen LogP contribution >= 0.6 is 0 Å². The summed E-state index contributed by atoms with van der Waals surface area (Å²) in [5, 5.41) is 3.05. The molecule has 0 radical (unpaired) electrons. The minimum Gasteiger partial charge on any atom is -0.355 e. The lowest BCUT2D eigenvalue weighted by Crippen LogP contribution is -2.39. The highest BCUT2D eigenvalue weighted by Gasteiger charge is 2.14. The van der Waals surface area contributed by atoms with E-state index in [2.05, 4.69) is 60.3 Å². The Morgan fingerprint density at radius 3 is 2.57 bits per heavy atom. The maximum absolute atomic E-state index is 12.1. The molecular formula is C19H31N3O. The molecule has 1 aromatic carbocycles. The van der Waals surface area contributed by atoms with Gasteiger partial charge in [0.15, 0.2) is 0 Å². The number of hydrogen-bond acceptors (Lipinski definition) is 3. The first-order valence-corrected chi connectivity index (χ1v) is 8.81. The summed E-state index contributed by atoms with van der Waals surface area (Å²) in [6.07, 6.45) is 2.04. The first-order chi connectivity index (χ1) is 11.0. The zero-order valence-corrected chi connectivity index (χ0v) is 14.8. The molecule has 0 atom stereocenters. The molecule has 1 aromatic rings. The number of carbonyl (C=O) groups is 1. The molecule has 0 saturated carbocycles. The van der Waals surface area contributed by atoms with Gasteiger partial charge in [-0.15, -0.1) is 0 Å². The van der Waals surface area contributed by atoms with Crippen molar-refractivity contribution in [2.75, 3.05) is 46.3 Å². The highest BCUT2D eigenvalue weighted by Crippen LogP contribution is 2.14. The summed E-state index contributed by atoms with van der Waals surface area (Å²) in [7, 11) is 2.15. The van der Waals surface area contributed by atoms with Gasteiger partial charge in [0.25, 0.3) is 0 Å². The van der Waals surface area contributed by atoms with Crippen LogP contribution in [0.3, 0.4) is 0 Å². The highest BCUT2D eigenvalue weighted by atomic mass is 16.2. The van der Waals surface area contributed by atoms with Gasteiger partial charge in [0.05, 0.1) is 6.54 Å². The zero-order valence-electron chi connectivity index (χ0n) is 14.8. The van der Waals surface area contributed by atoms with Gasteiger partial charge in [-0.1, -0.05) is 38.1 Å². The molecule has 2 rings (SSSR count). The van der Waals surface area contributed by atoms with Gasteiger partial charge in [-0.3, -0.25) is 9.69 Å². The van der Waals surface area contributed by atoms with Gasteiger partial charge in [0.1, 0.15) is 0 Å². The fraction of sp³-hybridized carbons (Fsp3) is 0.632. The van der Waals surface area contributed by atoms with Crippen molar-refractivity contribution in [3.63, 3.8) is 0 Å². The quantitative estimate of drug-likeness (QED) is 0.873. The average molecular weight is 317 g/mol. The molecule has 4 nitrogen and oxygen atoms in total. The summed E-state index contributed by atoms with van der Waals surface area (Å²) in [6, 6.07) is 8.73. The Morgan fingerprint density at radius 2 is 1.87 bits per heavy atom. The Balaban J connectivity index is 1.68. The lowest BCUT2D eigenvalue weighted by Gasteiger charge is -2.19. The molecule has 0 aromatic heterocycles. The van der Waals surface area contributed by atoms with Gasteiger partial charge in [-0.2, -0.15) is 0 Å². The van der Waals surface area contributed by atoms with E-state index >= 15 is 0 Å². The lowest BCUT2D eigenvalue weighted by molar-refractivity contribution is -0.122. The van der Waals surface area contributed by atoms with Crippen LogP contribution in [0, 0.1) is 0 Å². The van der Waals surface area contributed by atoms with E-state index in [1.54, 1.807) is 0 Å². The molecular weight excluding hydrogens is 286 g/mol. The third-order valence-corrected chi connectivity index (χ3v) is 4.56. The Labute approximate surface area is 140 Å². The molecule has 0 bridgehead atoms. The molecule has 1 fully saturated rings. The van der Waals surface area contributed by atoms with Crippen LogP contribution in [0.15, 0.2) is 24.3 Å². The van der Waals surface area contributed by atoms with Crippen molar-refractivity contribution >= 4 is 5.91 Å². The van der Waals surface area contributed by atoms with Crippen LogP contribution in [-0.4, -0.2) is 62.0 Å². The van der Waals surface area contributed by atoms with E-state index < -0.39 is 0 Å². The van der Waals surface area contributed by atoms with E-state index in [0.717, 1.165) is 39.0 Å². The standard InChI is InChI=1S/C19H31N3O/c1-16(2)18-7-5-17(6-8-18)9-10-20-19(23)15-22-12-4-11-21(3)13-14-22/h5-8,16H,4,9-15H2,1-3H3,(H,20,23). The third-order valence-electron chi connectivity index (χ3n) is 4.56. The summed E-state index contributed by atoms with van der Waals surface area (Å²) in [5.41, 5.74) is 2.65. The minimum atomic E-state index is 0.147. The molecule has 23 heavy (non-hydrogen) atoms. The number of likely N-dealkylation sites (N-methyl/N-ethyl adjacent to an activating group) is 1. The number of benzene rings is 1. The van der Waals surface area contributed by atoms with E-state index in [4.69, 9.17) is 0 Å². The number of carbonyl (C=O) groups excluding carboxylic acids is 1. The summed E-state index contributed by atoms with van der Waals surface area (Å²) in [5.74, 6) is 0.713. The summed E-state index contributed by atoms with van der Waals surface area (Å²) in [4.78, 5) is 16.7. The highest BCUT2D eigenvalue weighted by molar-refractivity contribution is 5.78. The van der Waals surface area contributed by atoms with Crippen LogP contribution < -0.4 is 5.32 Å².